The van der Waals surface area contributed by atoms with E-state index < -0.39 is 34.8 Å². The highest BCUT2D eigenvalue weighted by molar-refractivity contribution is 5.91. The number of nitrogens with one attached hydrogen (secondary N) is 2. The zero-order chi connectivity index (χ0) is 24.9. The third kappa shape index (κ3) is 5.23. The van der Waals surface area contributed by atoms with Gasteiger partial charge >= 0.3 is 5.91 Å². The fourth-order valence-electron chi connectivity index (χ4n) is 3.72. The Balaban J connectivity index is 1.69. The lowest BCUT2D eigenvalue weighted by Crippen LogP contribution is -3.16. The van der Waals surface area contributed by atoms with Crippen molar-refractivity contribution < 1.29 is 29.0 Å². The van der Waals surface area contributed by atoms with Crippen molar-refractivity contribution in [1.82, 2.24) is 20.2 Å². The smallest absolute Gasteiger partial charge is 0.348 e. The number of hydrogen-bond donors (Lipinski definition) is 3. The number of benzene rings is 2. The largest absolute Gasteiger partial charge is 0.626 e. The van der Waals surface area contributed by atoms with E-state index in [1.54, 1.807) is 36.5 Å². The van der Waals surface area contributed by atoms with Crippen molar-refractivity contribution >= 4 is 22.7 Å². The monoisotopic (exact) mass is 479 g/mol. The molecular formula is C24H22FN5O5. The summed E-state index contributed by atoms with van der Waals surface area (Å²) in [6.07, 6.45) is 1.07. The molecule has 4 aromatic rings. The van der Waals surface area contributed by atoms with Crippen LogP contribution < -0.4 is 10.5 Å². The van der Waals surface area contributed by atoms with Crippen molar-refractivity contribution in [1.29, 1.82) is 0 Å². The molecule has 2 amide bonds. The van der Waals surface area contributed by atoms with E-state index in [1.165, 1.54) is 48.3 Å². The topological polar surface area (TPSA) is 134 Å². The van der Waals surface area contributed by atoms with Crippen molar-refractivity contribution in [2.75, 3.05) is 7.11 Å². The molecule has 35 heavy (non-hydrogen) atoms. The fourth-order valence-corrected chi connectivity index (χ4v) is 3.72. The van der Waals surface area contributed by atoms with E-state index in [4.69, 9.17) is 0 Å². The van der Waals surface area contributed by atoms with E-state index in [2.05, 4.69) is 14.9 Å². The lowest BCUT2D eigenvalue weighted by Gasteiger charge is -2.32. The minimum absolute atomic E-state index is 0.0525. The molecule has 2 aromatic carbocycles. The molecule has 4 rings (SSSR count). The molecule has 180 valence electrons. The average molecular weight is 479 g/mol. The quantitative estimate of drug-likeness (QED) is 0.317. The summed E-state index contributed by atoms with van der Waals surface area (Å²) >= 11 is 0. The van der Waals surface area contributed by atoms with Crippen LogP contribution in [0.5, 0.6) is 0 Å². The SMILES string of the molecule is CONC(=O)C(O)C(Cc1ccccc1)[NH+]([O-])C(=O)c1cccnc1-n1cc2ccc(F)cc2n1. The number of fused-ring (bicyclic) bond motifs is 1. The van der Waals surface area contributed by atoms with Gasteiger partial charge in [-0.1, -0.05) is 30.3 Å². The van der Waals surface area contributed by atoms with Crippen LogP contribution in [0.15, 0.2) is 73.1 Å². The molecule has 0 bridgehead atoms. The molecule has 3 N–H and O–H groups in total. The van der Waals surface area contributed by atoms with E-state index >= 15 is 0 Å². The first-order valence-corrected chi connectivity index (χ1v) is 10.6. The van der Waals surface area contributed by atoms with Gasteiger partial charge in [0.15, 0.2) is 11.9 Å². The number of aromatic nitrogens is 3. The minimum Gasteiger partial charge on any atom is -0.626 e. The van der Waals surface area contributed by atoms with Crippen molar-refractivity contribution in [3.05, 3.63) is 95.2 Å². The normalized spacial score (nSPS) is 13.8. The predicted molar refractivity (Wildman–Crippen MR) is 123 cm³/mol. The molecule has 0 aliphatic rings. The van der Waals surface area contributed by atoms with Gasteiger partial charge in [0.1, 0.15) is 17.4 Å². The Labute approximate surface area is 199 Å². The number of carbonyl (C=O) groups is 2. The molecule has 0 spiro atoms. The van der Waals surface area contributed by atoms with E-state index in [0.29, 0.717) is 16.5 Å². The molecule has 0 aliphatic heterocycles. The summed E-state index contributed by atoms with van der Waals surface area (Å²) in [4.78, 5) is 34.4. The summed E-state index contributed by atoms with van der Waals surface area (Å²) in [5, 5.41) is 27.9. The maximum atomic E-state index is 13.6. The Morgan fingerprint density at radius 3 is 2.71 bits per heavy atom. The van der Waals surface area contributed by atoms with Gasteiger partial charge < -0.3 is 10.3 Å². The third-order valence-electron chi connectivity index (χ3n) is 5.43. The molecule has 0 saturated heterocycles. The Morgan fingerprint density at radius 1 is 1.20 bits per heavy atom. The number of aliphatic hydroxyl groups excluding tert-OH is 1. The highest BCUT2D eigenvalue weighted by Crippen LogP contribution is 2.18. The number of amides is 2. The lowest BCUT2D eigenvalue weighted by atomic mass is 10.00. The zero-order valence-electron chi connectivity index (χ0n) is 18.6. The maximum Gasteiger partial charge on any atom is 0.348 e. The number of pyridine rings is 1. The zero-order valence-corrected chi connectivity index (χ0v) is 18.6. The summed E-state index contributed by atoms with van der Waals surface area (Å²) in [7, 11) is 1.19. The van der Waals surface area contributed by atoms with Crippen LogP contribution in [0.4, 0.5) is 4.39 Å². The van der Waals surface area contributed by atoms with Gasteiger partial charge in [-0.25, -0.2) is 24.3 Å². The second kappa shape index (κ2) is 10.5. The second-order valence-corrected chi connectivity index (χ2v) is 7.76. The summed E-state index contributed by atoms with van der Waals surface area (Å²) in [5.41, 5.74) is 2.90. The Hall–Kier alpha value is -4.03. The minimum atomic E-state index is -1.85. The Bertz CT molecular complexity index is 1350. The van der Waals surface area contributed by atoms with E-state index in [9.17, 15) is 24.3 Å². The van der Waals surface area contributed by atoms with Crippen LogP contribution in [0.25, 0.3) is 16.7 Å². The molecule has 10 nitrogen and oxygen atoms in total. The van der Waals surface area contributed by atoms with Crippen LogP contribution >= 0.6 is 0 Å². The first-order valence-electron chi connectivity index (χ1n) is 10.6. The number of carbonyl (C=O) groups excluding carboxylic acids is 2. The average Bonchev–Trinajstić information content (AvgIpc) is 3.30. The first-order chi connectivity index (χ1) is 16.9. The maximum absolute atomic E-state index is 13.6. The number of hydrogen-bond acceptors (Lipinski definition) is 7. The van der Waals surface area contributed by atoms with Gasteiger partial charge in [0.05, 0.1) is 12.6 Å². The van der Waals surface area contributed by atoms with Gasteiger partial charge in [-0.2, -0.15) is 5.10 Å². The number of hydroxylamine groups is 3. The van der Waals surface area contributed by atoms with Crippen LogP contribution in [0.1, 0.15) is 15.9 Å². The molecule has 3 atom stereocenters. The van der Waals surface area contributed by atoms with Crippen molar-refractivity contribution in [2.24, 2.45) is 0 Å². The molecule has 2 heterocycles. The van der Waals surface area contributed by atoms with Crippen LogP contribution in [-0.2, 0) is 16.1 Å². The van der Waals surface area contributed by atoms with Gasteiger partial charge in [0, 0.05) is 30.3 Å². The van der Waals surface area contributed by atoms with Gasteiger partial charge in [-0.15, -0.1) is 0 Å². The Morgan fingerprint density at radius 2 is 1.97 bits per heavy atom. The van der Waals surface area contributed by atoms with Crippen molar-refractivity contribution in [3.8, 4) is 5.82 Å². The van der Waals surface area contributed by atoms with E-state index in [1.807, 2.05) is 5.48 Å². The molecule has 11 heteroatoms. The second-order valence-electron chi connectivity index (χ2n) is 7.76. The van der Waals surface area contributed by atoms with Crippen LogP contribution in [0.3, 0.4) is 0 Å². The van der Waals surface area contributed by atoms with Crippen LogP contribution in [-0.4, -0.2) is 50.9 Å². The fraction of sp³-hybridized carbons (Fsp3) is 0.167. The number of rotatable bonds is 8. The van der Waals surface area contributed by atoms with Crippen LogP contribution in [0.2, 0.25) is 0 Å². The van der Waals surface area contributed by atoms with Crippen molar-refractivity contribution in [3.63, 3.8) is 0 Å². The molecule has 2 aromatic heterocycles. The molecule has 0 aliphatic carbocycles. The van der Waals surface area contributed by atoms with E-state index in [-0.39, 0.29) is 17.8 Å². The molecular weight excluding hydrogens is 457 g/mol. The predicted octanol–water partition coefficient (Wildman–Crippen LogP) is 0.732. The van der Waals surface area contributed by atoms with Gasteiger partial charge in [0.2, 0.25) is 0 Å². The number of aliphatic hydroxyl groups is 1. The third-order valence-corrected chi connectivity index (χ3v) is 5.43. The number of nitrogens with zero attached hydrogens (tertiary/aromatic N) is 3. The summed E-state index contributed by atoms with van der Waals surface area (Å²) < 4.78 is 14.9. The Kier molecular flexibility index (Phi) is 7.22. The number of quaternary nitrogens is 1. The van der Waals surface area contributed by atoms with Gasteiger partial charge in [0.25, 0.3) is 5.91 Å². The summed E-state index contributed by atoms with van der Waals surface area (Å²) in [5.74, 6) is -2.33. The number of halogens is 1. The van der Waals surface area contributed by atoms with Crippen LogP contribution in [0, 0.1) is 11.0 Å². The standard InChI is InChI=1S/C24H22FN5O5/c1-35-28-23(32)21(31)20(12-15-6-3-2-4-7-15)30(34)24(33)18-8-5-11-26-22(18)29-14-16-9-10-17(25)13-19(16)27-29/h2-11,13-14,20-21,30-31H,12H2,1H3,(H,28,32). The van der Waals surface area contributed by atoms with Crippen molar-refractivity contribution in [2.45, 2.75) is 18.6 Å². The van der Waals surface area contributed by atoms with Gasteiger partial charge in [-0.05, 0) is 29.8 Å². The molecule has 0 radical (unpaired) electrons. The summed E-state index contributed by atoms with van der Waals surface area (Å²) in [6, 6.07) is 14.2. The summed E-state index contributed by atoms with van der Waals surface area (Å²) in [6.45, 7) is 0. The first kappa shape index (κ1) is 24.1. The molecule has 0 saturated carbocycles. The van der Waals surface area contributed by atoms with Gasteiger partial charge in [-0.3, -0.25) is 14.7 Å². The van der Waals surface area contributed by atoms with E-state index in [0.717, 1.165) is 0 Å². The highest BCUT2D eigenvalue weighted by Gasteiger charge is 2.36. The highest BCUT2D eigenvalue weighted by atomic mass is 19.1. The molecule has 3 unspecified atom stereocenters. The lowest BCUT2D eigenvalue weighted by molar-refractivity contribution is -0.792. The molecule has 0 fully saturated rings.